The average molecular weight is 504 g/mol. The molecule has 0 bridgehead atoms. The van der Waals surface area contributed by atoms with Gasteiger partial charge in [-0.05, 0) is 61.8 Å². The highest BCUT2D eigenvalue weighted by molar-refractivity contribution is 6.31. The Morgan fingerprint density at radius 3 is 2.39 bits per heavy atom. The summed E-state index contributed by atoms with van der Waals surface area (Å²) >= 11 is 6.17. The first-order valence-corrected chi connectivity index (χ1v) is 12.4. The Labute approximate surface area is 215 Å². The molecule has 186 valence electrons. The molecule has 0 spiro atoms. The average Bonchev–Trinajstić information content (AvgIpc) is 3.17. The highest BCUT2D eigenvalue weighted by Gasteiger charge is 2.19. The zero-order valence-electron chi connectivity index (χ0n) is 20.5. The number of rotatable bonds is 10. The number of hydrogen-bond acceptors (Lipinski definition) is 4. The number of halogens is 1. The van der Waals surface area contributed by atoms with Gasteiger partial charge in [-0.25, -0.2) is 4.99 Å². The maximum atomic E-state index is 10.9. The third kappa shape index (κ3) is 6.14. The zero-order valence-corrected chi connectivity index (χ0v) is 21.2. The summed E-state index contributed by atoms with van der Waals surface area (Å²) in [6.07, 6.45) is 1.63. The number of aliphatic carboxylic acids is 1. The van der Waals surface area contributed by atoms with E-state index in [0.29, 0.717) is 22.7 Å². The van der Waals surface area contributed by atoms with Crippen molar-refractivity contribution in [3.05, 3.63) is 94.0 Å². The Bertz CT molecular complexity index is 1380. The smallest absolute Gasteiger partial charge is 0.303 e. The van der Waals surface area contributed by atoms with Gasteiger partial charge in [0, 0.05) is 28.9 Å². The van der Waals surface area contributed by atoms with Gasteiger partial charge in [-0.15, -0.1) is 0 Å². The number of hydrogen-bond donors (Lipinski definition) is 3. The third-order valence-electron chi connectivity index (χ3n) is 6.07. The molecule has 3 aromatic carbocycles. The van der Waals surface area contributed by atoms with Crippen LogP contribution in [0.4, 0.5) is 5.69 Å². The summed E-state index contributed by atoms with van der Waals surface area (Å²) in [5.74, 6) is -0.813. The number of aryl methyl sites for hydroxylation is 1. The van der Waals surface area contributed by atoms with Crippen molar-refractivity contribution < 1.29 is 15.0 Å². The maximum absolute atomic E-state index is 10.9. The predicted octanol–water partition coefficient (Wildman–Crippen LogP) is 6.56. The van der Waals surface area contributed by atoms with Crippen LogP contribution in [0.25, 0.3) is 10.9 Å². The van der Waals surface area contributed by atoms with Crippen LogP contribution in [0.15, 0.2) is 71.7 Å². The van der Waals surface area contributed by atoms with E-state index in [0.717, 1.165) is 47.2 Å². The van der Waals surface area contributed by atoms with Gasteiger partial charge in [0.15, 0.2) is 5.88 Å². The molecule has 0 radical (unpaired) electrons. The molecule has 0 unspecified atom stereocenters. The minimum absolute atomic E-state index is 0.0128. The molecular weight excluding hydrogens is 474 g/mol. The van der Waals surface area contributed by atoms with E-state index in [-0.39, 0.29) is 12.3 Å². The Morgan fingerprint density at radius 1 is 1.03 bits per heavy atom. The second-order valence-electron chi connectivity index (χ2n) is 8.99. The molecular formula is C29H30ClN3O3. The second-order valence-corrected chi connectivity index (χ2v) is 9.43. The Balaban J connectivity index is 1.75. The van der Waals surface area contributed by atoms with Crippen molar-refractivity contribution in [2.75, 3.05) is 13.6 Å². The quantitative estimate of drug-likeness (QED) is 0.214. The molecule has 0 aliphatic rings. The lowest BCUT2D eigenvalue weighted by molar-refractivity contribution is -0.136. The van der Waals surface area contributed by atoms with Crippen molar-refractivity contribution in [3.8, 4) is 5.88 Å². The van der Waals surface area contributed by atoms with Crippen molar-refractivity contribution in [1.29, 1.82) is 0 Å². The van der Waals surface area contributed by atoms with Crippen LogP contribution in [0.1, 0.15) is 42.0 Å². The molecule has 3 N–H and O–H groups in total. The van der Waals surface area contributed by atoms with Gasteiger partial charge in [0.05, 0.1) is 22.5 Å². The lowest BCUT2D eigenvalue weighted by Gasteiger charge is -2.15. The number of aromatic amines is 1. The van der Waals surface area contributed by atoms with Crippen LogP contribution in [0, 0.1) is 0 Å². The first kappa shape index (κ1) is 25.5. The Kier molecular flexibility index (Phi) is 8.08. The van der Waals surface area contributed by atoms with Crippen LogP contribution >= 0.6 is 11.6 Å². The van der Waals surface area contributed by atoms with E-state index >= 15 is 0 Å². The first-order valence-electron chi connectivity index (χ1n) is 12.0. The molecule has 0 saturated heterocycles. The van der Waals surface area contributed by atoms with Crippen molar-refractivity contribution in [2.45, 2.75) is 32.7 Å². The zero-order chi connectivity index (χ0) is 25.7. The predicted molar refractivity (Wildman–Crippen MR) is 146 cm³/mol. The number of nitrogens with zero attached hydrogens (tertiary/aromatic N) is 2. The van der Waals surface area contributed by atoms with Gasteiger partial charge in [-0.2, -0.15) is 0 Å². The summed E-state index contributed by atoms with van der Waals surface area (Å²) < 4.78 is 0. The first-order chi connectivity index (χ1) is 17.3. The number of fused-ring (bicyclic) bond motifs is 1. The topological polar surface area (TPSA) is 88.9 Å². The molecule has 36 heavy (non-hydrogen) atoms. The number of aromatic hydroxyl groups is 1. The van der Waals surface area contributed by atoms with E-state index in [4.69, 9.17) is 21.7 Å². The highest BCUT2D eigenvalue weighted by Crippen LogP contribution is 2.33. The number of aromatic nitrogens is 1. The maximum Gasteiger partial charge on any atom is 0.303 e. The SMILES string of the molecule is CCCN(C)Cc1ccc(N=C(c2ccc(CCC(=O)O)cc2)c2c(O)[nH]c3cc(Cl)ccc23)cc1. The van der Waals surface area contributed by atoms with Gasteiger partial charge in [0.25, 0.3) is 0 Å². The normalized spacial score (nSPS) is 11.9. The number of aliphatic imine (C=N–C) groups is 1. The molecule has 0 aliphatic carbocycles. The second kappa shape index (κ2) is 11.4. The number of H-pyrrole nitrogens is 1. The van der Waals surface area contributed by atoms with Gasteiger partial charge in [0.1, 0.15) is 0 Å². The van der Waals surface area contributed by atoms with E-state index < -0.39 is 5.97 Å². The highest BCUT2D eigenvalue weighted by atomic mass is 35.5. The van der Waals surface area contributed by atoms with Crippen LogP contribution in [0.2, 0.25) is 5.02 Å². The summed E-state index contributed by atoms with van der Waals surface area (Å²) in [4.78, 5) is 21.2. The van der Waals surface area contributed by atoms with Crippen molar-refractivity contribution in [1.82, 2.24) is 9.88 Å². The van der Waals surface area contributed by atoms with Gasteiger partial charge in [-0.3, -0.25) is 4.79 Å². The summed E-state index contributed by atoms with van der Waals surface area (Å²) in [5, 5.41) is 21.2. The molecule has 4 aromatic rings. The van der Waals surface area contributed by atoms with Crippen molar-refractivity contribution >= 4 is 39.9 Å². The number of carboxylic acid groups (broad SMARTS) is 1. The molecule has 0 amide bonds. The van der Waals surface area contributed by atoms with Crippen LogP contribution < -0.4 is 0 Å². The standard InChI is InChI=1S/C29H30ClN3O3/c1-3-16-33(2)18-20-6-12-23(13-7-20)31-28(21-9-4-19(5-10-21)8-15-26(34)35)27-24-14-11-22(30)17-25(24)32-29(27)36/h4-7,9-14,17,32,36H,3,8,15-16,18H2,1-2H3,(H,34,35). The van der Waals surface area contributed by atoms with E-state index in [2.05, 4.69) is 36.0 Å². The fourth-order valence-electron chi connectivity index (χ4n) is 4.32. The molecule has 6 nitrogen and oxygen atoms in total. The fraction of sp³-hybridized carbons (Fsp3) is 0.241. The van der Waals surface area contributed by atoms with Gasteiger partial charge >= 0.3 is 5.97 Å². The summed E-state index contributed by atoms with van der Waals surface area (Å²) in [6.45, 7) is 4.07. The van der Waals surface area contributed by atoms with Crippen LogP contribution in [-0.4, -0.2) is 45.4 Å². The third-order valence-corrected chi connectivity index (χ3v) is 6.30. The minimum Gasteiger partial charge on any atom is -0.494 e. The Morgan fingerprint density at radius 2 is 1.72 bits per heavy atom. The summed E-state index contributed by atoms with van der Waals surface area (Å²) in [5.41, 5.74) is 5.63. The number of carboxylic acids is 1. The molecule has 1 heterocycles. The minimum atomic E-state index is -0.826. The van der Waals surface area contributed by atoms with Crippen molar-refractivity contribution in [2.24, 2.45) is 4.99 Å². The van der Waals surface area contributed by atoms with E-state index in [1.54, 1.807) is 12.1 Å². The van der Waals surface area contributed by atoms with Crippen LogP contribution in [0.3, 0.4) is 0 Å². The van der Waals surface area contributed by atoms with Crippen molar-refractivity contribution in [3.63, 3.8) is 0 Å². The molecule has 1 aromatic heterocycles. The summed E-state index contributed by atoms with van der Waals surface area (Å²) in [7, 11) is 2.11. The monoisotopic (exact) mass is 503 g/mol. The Hall–Kier alpha value is -3.61. The van der Waals surface area contributed by atoms with Crippen LogP contribution in [-0.2, 0) is 17.8 Å². The molecule has 0 fully saturated rings. The lowest BCUT2D eigenvalue weighted by Crippen LogP contribution is -2.18. The van der Waals surface area contributed by atoms with E-state index in [1.807, 2.05) is 42.5 Å². The summed E-state index contributed by atoms with van der Waals surface area (Å²) in [6, 6.07) is 21.2. The molecule has 7 heteroatoms. The fourth-order valence-corrected chi connectivity index (χ4v) is 4.49. The molecule has 0 aliphatic heterocycles. The molecule has 0 atom stereocenters. The largest absolute Gasteiger partial charge is 0.494 e. The van der Waals surface area contributed by atoms with E-state index in [9.17, 15) is 9.90 Å². The number of nitrogens with one attached hydrogen (secondary N) is 1. The molecule has 4 rings (SSSR count). The van der Waals surface area contributed by atoms with Crippen LogP contribution in [0.5, 0.6) is 5.88 Å². The van der Waals surface area contributed by atoms with Gasteiger partial charge in [-0.1, -0.05) is 61.0 Å². The number of carbonyl (C=O) groups is 1. The van der Waals surface area contributed by atoms with E-state index in [1.165, 1.54) is 5.56 Å². The number of benzene rings is 3. The lowest BCUT2D eigenvalue weighted by atomic mass is 9.98. The van der Waals surface area contributed by atoms with Gasteiger partial charge in [0.2, 0.25) is 0 Å². The molecule has 0 saturated carbocycles. The van der Waals surface area contributed by atoms with Gasteiger partial charge < -0.3 is 20.1 Å².